The number of nitrogens with two attached hydrogens (primary N) is 1. The molecule has 5 nitrogen and oxygen atoms in total. The van der Waals surface area contributed by atoms with E-state index in [9.17, 15) is 0 Å². The molecule has 94 valence electrons. The zero-order valence-corrected chi connectivity index (χ0v) is 10.1. The van der Waals surface area contributed by atoms with Crippen LogP contribution in [0.15, 0.2) is 12.4 Å². The first kappa shape index (κ1) is 12.1. The third-order valence-electron chi connectivity index (χ3n) is 2.99. The molecular weight excluding hydrogens is 216 g/mol. The Labute approximate surface area is 102 Å². The summed E-state index contributed by atoms with van der Waals surface area (Å²) in [5.41, 5.74) is 5.45. The highest BCUT2D eigenvalue weighted by Gasteiger charge is 2.12. The van der Waals surface area contributed by atoms with Gasteiger partial charge in [-0.3, -0.25) is 0 Å². The molecule has 1 heterocycles. The van der Waals surface area contributed by atoms with Gasteiger partial charge in [0.05, 0.1) is 25.1 Å². The number of hydrogen-bond acceptors (Lipinski definition) is 5. The first-order valence-electron chi connectivity index (χ1n) is 6.27. The van der Waals surface area contributed by atoms with Crippen molar-refractivity contribution in [2.75, 3.05) is 24.2 Å². The maximum atomic E-state index is 5.79. The maximum absolute atomic E-state index is 5.79. The summed E-state index contributed by atoms with van der Waals surface area (Å²) in [5, 5.41) is 3.16. The van der Waals surface area contributed by atoms with E-state index in [1.807, 2.05) is 0 Å². The summed E-state index contributed by atoms with van der Waals surface area (Å²) in [7, 11) is 0. The molecule has 0 unspecified atom stereocenters. The Balaban J connectivity index is 1.60. The largest absolute Gasteiger partial charge is 0.382 e. The molecular formula is C12H20N4O. The van der Waals surface area contributed by atoms with Gasteiger partial charge in [-0.05, 0) is 12.8 Å². The summed E-state index contributed by atoms with van der Waals surface area (Å²) in [4.78, 5) is 8.07. The average molecular weight is 236 g/mol. The lowest BCUT2D eigenvalue weighted by atomic mass is 9.98. The summed E-state index contributed by atoms with van der Waals surface area (Å²) >= 11 is 0. The van der Waals surface area contributed by atoms with Gasteiger partial charge in [-0.2, -0.15) is 0 Å². The number of nitrogens with zero attached hydrogens (tertiary/aromatic N) is 2. The lowest BCUT2D eigenvalue weighted by molar-refractivity contribution is 0.0347. The van der Waals surface area contributed by atoms with Gasteiger partial charge in [-0.25, -0.2) is 9.97 Å². The Kier molecular flexibility index (Phi) is 4.55. The van der Waals surface area contributed by atoms with Gasteiger partial charge in [-0.15, -0.1) is 0 Å². The van der Waals surface area contributed by atoms with E-state index in [1.54, 1.807) is 12.4 Å². The lowest BCUT2D eigenvalue weighted by Crippen LogP contribution is -2.20. The van der Waals surface area contributed by atoms with Crippen molar-refractivity contribution in [2.45, 2.75) is 38.2 Å². The Morgan fingerprint density at radius 3 is 2.76 bits per heavy atom. The highest BCUT2D eigenvalue weighted by molar-refractivity contribution is 5.35. The van der Waals surface area contributed by atoms with Crippen molar-refractivity contribution in [1.82, 2.24) is 9.97 Å². The molecule has 2 rings (SSSR count). The Morgan fingerprint density at radius 2 is 2.06 bits per heavy atom. The molecule has 1 aromatic rings. The van der Waals surface area contributed by atoms with E-state index in [0.717, 1.165) is 19.0 Å². The molecule has 1 aliphatic carbocycles. The van der Waals surface area contributed by atoms with Crippen LogP contribution in [-0.2, 0) is 4.74 Å². The van der Waals surface area contributed by atoms with E-state index >= 15 is 0 Å². The van der Waals surface area contributed by atoms with Crippen LogP contribution < -0.4 is 11.1 Å². The molecule has 0 amide bonds. The van der Waals surface area contributed by atoms with Crippen LogP contribution in [0.4, 0.5) is 11.6 Å². The number of anilines is 2. The van der Waals surface area contributed by atoms with E-state index < -0.39 is 0 Å². The average Bonchev–Trinajstić information content (AvgIpc) is 2.38. The van der Waals surface area contributed by atoms with E-state index in [4.69, 9.17) is 10.5 Å². The summed E-state index contributed by atoms with van der Waals surface area (Å²) in [6.45, 7) is 1.48. The fourth-order valence-corrected chi connectivity index (χ4v) is 2.07. The molecule has 1 aliphatic rings. The predicted octanol–water partition coefficient (Wildman–Crippen LogP) is 1.82. The standard InChI is InChI=1S/C12H20N4O/c13-11-8-16-12(9-15-11)14-6-7-17-10-4-2-1-3-5-10/h8-10H,1-7H2,(H2,13,15)(H,14,16). The minimum atomic E-state index is 0.439. The normalized spacial score (nSPS) is 16.9. The van der Waals surface area contributed by atoms with Crippen LogP contribution in [0.5, 0.6) is 0 Å². The van der Waals surface area contributed by atoms with Crippen molar-refractivity contribution in [3.63, 3.8) is 0 Å². The van der Waals surface area contributed by atoms with Gasteiger partial charge in [0.25, 0.3) is 0 Å². The molecule has 0 saturated heterocycles. The van der Waals surface area contributed by atoms with E-state index in [-0.39, 0.29) is 0 Å². The minimum Gasteiger partial charge on any atom is -0.382 e. The molecule has 0 radical (unpaired) electrons. The van der Waals surface area contributed by atoms with Gasteiger partial charge < -0.3 is 15.8 Å². The monoisotopic (exact) mass is 236 g/mol. The van der Waals surface area contributed by atoms with E-state index in [1.165, 1.54) is 32.1 Å². The predicted molar refractivity (Wildman–Crippen MR) is 67.8 cm³/mol. The fraction of sp³-hybridized carbons (Fsp3) is 0.667. The van der Waals surface area contributed by atoms with Gasteiger partial charge in [0.15, 0.2) is 0 Å². The van der Waals surface area contributed by atoms with Crippen molar-refractivity contribution >= 4 is 11.6 Å². The second kappa shape index (κ2) is 6.39. The smallest absolute Gasteiger partial charge is 0.144 e. The molecule has 3 N–H and O–H groups in total. The minimum absolute atomic E-state index is 0.439. The van der Waals surface area contributed by atoms with Crippen molar-refractivity contribution < 1.29 is 4.74 Å². The van der Waals surface area contributed by atoms with E-state index in [2.05, 4.69) is 15.3 Å². The van der Waals surface area contributed by atoms with Crippen LogP contribution in [0.3, 0.4) is 0 Å². The maximum Gasteiger partial charge on any atom is 0.144 e. The van der Waals surface area contributed by atoms with Crippen LogP contribution in [0.25, 0.3) is 0 Å². The molecule has 5 heteroatoms. The van der Waals surface area contributed by atoms with Crippen molar-refractivity contribution in [1.29, 1.82) is 0 Å². The van der Waals surface area contributed by atoms with Crippen LogP contribution in [0.2, 0.25) is 0 Å². The number of ether oxygens (including phenoxy) is 1. The molecule has 1 fully saturated rings. The van der Waals surface area contributed by atoms with Crippen molar-refractivity contribution in [3.05, 3.63) is 12.4 Å². The topological polar surface area (TPSA) is 73.1 Å². The van der Waals surface area contributed by atoms with Crippen LogP contribution in [-0.4, -0.2) is 29.2 Å². The summed E-state index contributed by atoms with van der Waals surface area (Å²) in [6, 6.07) is 0. The Hall–Kier alpha value is -1.36. The molecule has 1 aromatic heterocycles. The van der Waals surface area contributed by atoms with Gasteiger partial charge >= 0.3 is 0 Å². The quantitative estimate of drug-likeness (QED) is 0.763. The highest BCUT2D eigenvalue weighted by atomic mass is 16.5. The van der Waals surface area contributed by atoms with Gasteiger partial charge in [0, 0.05) is 6.54 Å². The molecule has 0 atom stereocenters. The molecule has 0 aliphatic heterocycles. The summed E-state index contributed by atoms with van der Waals surface area (Å²) in [6.07, 6.45) is 10.0. The Morgan fingerprint density at radius 1 is 1.24 bits per heavy atom. The third kappa shape index (κ3) is 4.19. The molecule has 0 spiro atoms. The van der Waals surface area contributed by atoms with Crippen LogP contribution in [0.1, 0.15) is 32.1 Å². The number of aromatic nitrogens is 2. The van der Waals surface area contributed by atoms with Gasteiger partial charge in [0.1, 0.15) is 11.6 Å². The van der Waals surface area contributed by atoms with Gasteiger partial charge in [-0.1, -0.05) is 19.3 Å². The first-order chi connectivity index (χ1) is 8.34. The van der Waals surface area contributed by atoms with Crippen molar-refractivity contribution in [3.8, 4) is 0 Å². The van der Waals surface area contributed by atoms with Crippen LogP contribution >= 0.6 is 0 Å². The lowest BCUT2D eigenvalue weighted by Gasteiger charge is -2.22. The number of nitrogens with one attached hydrogen (secondary N) is 1. The second-order valence-electron chi connectivity index (χ2n) is 4.38. The molecule has 0 aromatic carbocycles. The zero-order chi connectivity index (χ0) is 11.9. The summed E-state index contributed by atoms with van der Waals surface area (Å²) in [5.74, 6) is 1.18. The van der Waals surface area contributed by atoms with Gasteiger partial charge in [0.2, 0.25) is 0 Å². The highest BCUT2D eigenvalue weighted by Crippen LogP contribution is 2.19. The molecule has 17 heavy (non-hydrogen) atoms. The van der Waals surface area contributed by atoms with Crippen LogP contribution in [0, 0.1) is 0 Å². The SMILES string of the molecule is Nc1cnc(NCCOC2CCCCC2)cn1. The Bertz CT molecular complexity index is 322. The number of nitrogen functional groups attached to an aromatic ring is 1. The molecule has 0 bridgehead atoms. The molecule has 1 saturated carbocycles. The summed E-state index contributed by atoms with van der Waals surface area (Å²) < 4.78 is 5.79. The number of rotatable bonds is 5. The zero-order valence-electron chi connectivity index (χ0n) is 10.1. The second-order valence-corrected chi connectivity index (χ2v) is 4.38. The first-order valence-corrected chi connectivity index (χ1v) is 6.27. The van der Waals surface area contributed by atoms with E-state index in [0.29, 0.717) is 11.9 Å². The van der Waals surface area contributed by atoms with Crippen molar-refractivity contribution in [2.24, 2.45) is 0 Å². The third-order valence-corrected chi connectivity index (χ3v) is 2.99. The number of hydrogen-bond donors (Lipinski definition) is 2. The fourth-order valence-electron chi connectivity index (χ4n) is 2.07.